The van der Waals surface area contributed by atoms with Crippen LogP contribution in [0.15, 0.2) is 6.20 Å². The van der Waals surface area contributed by atoms with Gasteiger partial charge in [0.25, 0.3) is 0 Å². The molecule has 0 aromatic carbocycles. The van der Waals surface area contributed by atoms with Crippen LogP contribution in [0.2, 0.25) is 0 Å². The molecule has 2 heterocycles. The van der Waals surface area contributed by atoms with Gasteiger partial charge in [-0.05, 0) is 51.1 Å². The van der Waals surface area contributed by atoms with E-state index in [2.05, 4.69) is 33.6 Å². The topological polar surface area (TPSA) is 46.0 Å². The van der Waals surface area contributed by atoms with E-state index in [-0.39, 0.29) is 0 Å². The molecule has 1 saturated heterocycles. The Morgan fingerprint density at radius 2 is 2.10 bits per heavy atom. The first-order chi connectivity index (χ1) is 10.3. The summed E-state index contributed by atoms with van der Waals surface area (Å²) in [5.41, 5.74) is 1.07. The van der Waals surface area contributed by atoms with Crippen molar-refractivity contribution in [1.29, 1.82) is 0 Å². The average molecular weight is 291 g/mol. The van der Waals surface area contributed by atoms with Gasteiger partial charge in [0, 0.05) is 25.3 Å². The van der Waals surface area contributed by atoms with Gasteiger partial charge in [0.05, 0.1) is 12.2 Å². The molecule has 0 bridgehead atoms. The monoisotopic (exact) mass is 291 g/mol. The Labute approximate surface area is 128 Å². The Morgan fingerprint density at radius 3 is 2.90 bits per heavy atom. The first-order valence-electron chi connectivity index (χ1n) is 8.68. The molecular weight excluding hydrogens is 262 g/mol. The van der Waals surface area contributed by atoms with Crippen molar-refractivity contribution in [2.75, 3.05) is 19.6 Å². The minimum absolute atomic E-state index is 0.735. The predicted octanol–water partition coefficient (Wildman–Crippen LogP) is 2.04. The molecule has 5 nitrogen and oxygen atoms in total. The van der Waals surface area contributed by atoms with Gasteiger partial charge in [0.15, 0.2) is 0 Å². The van der Waals surface area contributed by atoms with Crippen molar-refractivity contribution in [2.24, 2.45) is 5.92 Å². The quantitative estimate of drug-likeness (QED) is 0.835. The SMILES string of the molecule is CCC1CCCN(CCn2cc(CNC3CC3)nn2)CC1. The molecule has 1 aliphatic carbocycles. The van der Waals surface area contributed by atoms with E-state index in [9.17, 15) is 0 Å². The maximum atomic E-state index is 4.26. The normalized spacial score (nSPS) is 24.1. The number of nitrogens with zero attached hydrogens (tertiary/aromatic N) is 4. The Kier molecular flexibility index (Phi) is 5.25. The van der Waals surface area contributed by atoms with E-state index in [0.29, 0.717) is 0 Å². The second kappa shape index (κ2) is 7.36. The van der Waals surface area contributed by atoms with Crippen LogP contribution in [-0.4, -0.2) is 45.6 Å². The summed E-state index contributed by atoms with van der Waals surface area (Å²) in [6.45, 7) is 7.77. The summed E-state index contributed by atoms with van der Waals surface area (Å²) < 4.78 is 2.01. The van der Waals surface area contributed by atoms with Gasteiger partial charge < -0.3 is 10.2 Å². The maximum absolute atomic E-state index is 4.26. The third-order valence-electron chi connectivity index (χ3n) is 4.90. The lowest BCUT2D eigenvalue weighted by molar-refractivity contribution is 0.263. The van der Waals surface area contributed by atoms with Crippen molar-refractivity contribution in [3.63, 3.8) is 0 Å². The van der Waals surface area contributed by atoms with Crippen LogP contribution in [0.1, 0.15) is 51.1 Å². The lowest BCUT2D eigenvalue weighted by Gasteiger charge is -2.19. The molecule has 0 spiro atoms. The summed E-state index contributed by atoms with van der Waals surface area (Å²) >= 11 is 0. The third-order valence-corrected chi connectivity index (χ3v) is 4.90. The molecule has 2 fully saturated rings. The summed E-state index contributed by atoms with van der Waals surface area (Å²) in [5, 5.41) is 12.0. The molecule has 0 radical (unpaired) electrons. The van der Waals surface area contributed by atoms with Crippen LogP contribution in [0.3, 0.4) is 0 Å². The molecular formula is C16H29N5. The van der Waals surface area contributed by atoms with Crippen LogP contribution < -0.4 is 5.32 Å². The Morgan fingerprint density at radius 1 is 1.19 bits per heavy atom. The fourth-order valence-electron chi connectivity index (χ4n) is 3.17. The molecule has 1 N–H and O–H groups in total. The second-order valence-corrected chi connectivity index (χ2v) is 6.67. The minimum atomic E-state index is 0.735. The molecule has 1 saturated carbocycles. The van der Waals surface area contributed by atoms with Crippen molar-refractivity contribution in [3.05, 3.63) is 11.9 Å². The molecule has 5 heteroatoms. The number of hydrogen-bond acceptors (Lipinski definition) is 4. The number of aromatic nitrogens is 3. The van der Waals surface area contributed by atoms with E-state index < -0.39 is 0 Å². The summed E-state index contributed by atoms with van der Waals surface area (Å²) in [6, 6.07) is 0.735. The summed E-state index contributed by atoms with van der Waals surface area (Å²) in [7, 11) is 0. The second-order valence-electron chi connectivity index (χ2n) is 6.67. The van der Waals surface area contributed by atoms with E-state index in [1.165, 1.54) is 51.6 Å². The molecule has 118 valence electrons. The fourth-order valence-corrected chi connectivity index (χ4v) is 3.17. The smallest absolute Gasteiger partial charge is 0.0964 e. The van der Waals surface area contributed by atoms with Crippen LogP contribution in [0.5, 0.6) is 0 Å². The van der Waals surface area contributed by atoms with Gasteiger partial charge in [-0.1, -0.05) is 18.6 Å². The molecule has 1 aliphatic heterocycles. The van der Waals surface area contributed by atoms with Crippen LogP contribution >= 0.6 is 0 Å². The molecule has 21 heavy (non-hydrogen) atoms. The third kappa shape index (κ3) is 4.78. The molecule has 1 unspecified atom stereocenters. The van der Waals surface area contributed by atoms with E-state index in [0.717, 1.165) is 37.3 Å². The van der Waals surface area contributed by atoms with Crippen LogP contribution in [0.4, 0.5) is 0 Å². The zero-order chi connectivity index (χ0) is 14.5. The van der Waals surface area contributed by atoms with Crippen molar-refractivity contribution in [3.8, 4) is 0 Å². The molecule has 1 atom stereocenters. The average Bonchev–Trinajstić information content (AvgIpc) is 3.27. The summed E-state index contributed by atoms with van der Waals surface area (Å²) in [6.07, 6.45) is 10.2. The van der Waals surface area contributed by atoms with E-state index >= 15 is 0 Å². The largest absolute Gasteiger partial charge is 0.308 e. The van der Waals surface area contributed by atoms with E-state index in [4.69, 9.17) is 0 Å². The highest BCUT2D eigenvalue weighted by Gasteiger charge is 2.20. The minimum Gasteiger partial charge on any atom is -0.308 e. The van der Waals surface area contributed by atoms with Crippen LogP contribution in [0, 0.1) is 5.92 Å². The maximum Gasteiger partial charge on any atom is 0.0964 e. The predicted molar refractivity (Wildman–Crippen MR) is 84.0 cm³/mol. The van der Waals surface area contributed by atoms with Crippen LogP contribution in [0.25, 0.3) is 0 Å². The Hall–Kier alpha value is -0.940. The molecule has 2 aliphatic rings. The van der Waals surface area contributed by atoms with E-state index in [1.807, 2.05) is 4.68 Å². The number of nitrogens with one attached hydrogen (secondary N) is 1. The van der Waals surface area contributed by atoms with Crippen LogP contribution in [-0.2, 0) is 13.1 Å². The summed E-state index contributed by atoms with van der Waals surface area (Å²) in [5.74, 6) is 0.946. The zero-order valence-corrected chi connectivity index (χ0v) is 13.3. The lowest BCUT2D eigenvalue weighted by atomic mass is 9.98. The number of hydrogen-bond donors (Lipinski definition) is 1. The first kappa shape index (κ1) is 15.0. The van der Waals surface area contributed by atoms with Gasteiger partial charge in [-0.15, -0.1) is 5.10 Å². The highest BCUT2D eigenvalue weighted by molar-refractivity contribution is 4.94. The van der Waals surface area contributed by atoms with Gasteiger partial charge in [-0.3, -0.25) is 4.68 Å². The molecule has 1 aromatic heterocycles. The Bertz CT molecular complexity index is 426. The number of rotatable bonds is 7. The summed E-state index contributed by atoms with van der Waals surface area (Å²) in [4.78, 5) is 2.60. The Balaban J connectivity index is 1.39. The van der Waals surface area contributed by atoms with Gasteiger partial charge >= 0.3 is 0 Å². The highest BCUT2D eigenvalue weighted by atomic mass is 15.4. The van der Waals surface area contributed by atoms with E-state index in [1.54, 1.807) is 0 Å². The van der Waals surface area contributed by atoms with Crippen molar-refractivity contribution < 1.29 is 0 Å². The lowest BCUT2D eigenvalue weighted by Crippen LogP contribution is -2.28. The first-order valence-corrected chi connectivity index (χ1v) is 8.68. The van der Waals surface area contributed by atoms with Crippen molar-refractivity contribution in [2.45, 2.75) is 64.6 Å². The molecule has 0 amide bonds. The fraction of sp³-hybridized carbons (Fsp3) is 0.875. The molecule has 3 rings (SSSR count). The standard InChI is InChI=1S/C16H29N5/c1-2-14-4-3-8-20(9-7-14)10-11-21-13-16(18-19-21)12-17-15-5-6-15/h13-15,17H,2-12H2,1H3. The molecule has 1 aromatic rings. The van der Waals surface area contributed by atoms with Crippen molar-refractivity contribution >= 4 is 0 Å². The van der Waals surface area contributed by atoms with Gasteiger partial charge in [0.2, 0.25) is 0 Å². The highest BCUT2D eigenvalue weighted by Crippen LogP contribution is 2.20. The zero-order valence-electron chi connectivity index (χ0n) is 13.3. The van der Waals surface area contributed by atoms with Crippen molar-refractivity contribution in [1.82, 2.24) is 25.2 Å². The van der Waals surface area contributed by atoms with Gasteiger partial charge in [-0.2, -0.15) is 0 Å². The number of likely N-dealkylation sites (tertiary alicyclic amines) is 1. The van der Waals surface area contributed by atoms with Gasteiger partial charge in [-0.25, -0.2) is 0 Å². The van der Waals surface area contributed by atoms with Gasteiger partial charge in [0.1, 0.15) is 0 Å².